The van der Waals surface area contributed by atoms with Gasteiger partial charge in [-0.25, -0.2) is 0 Å². The fourth-order valence-electron chi connectivity index (χ4n) is 1.49. The quantitative estimate of drug-likeness (QED) is 0.629. The van der Waals surface area contributed by atoms with E-state index >= 15 is 0 Å². The fourth-order valence-corrected chi connectivity index (χ4v) is 1.49. The maximum absolute atomic E-state index is 11.5. The Labute approximate surface area is 78.5 Å². The van der Waals surface area contributed by atoms with Crippen molar-refractivity contribution < 1.29 is 14.6 Å². The molecule has 4 heteroatoms. The Morgan fingerprint density at radius 1 is 1.62 bits per heavy atom. The number of carbonyl (C=O) groups excluding carboxylic acids is 1. The molecule has 1 N–H and O–H groups in total. The third-order valence-corrected chi connectivity index (χ3v) is 2.27. The molecular formula is C9H17NO3. The van der Waals surface area contributed by atoms with Gasteiger partial charge in [-0.3, -0.25) is 4.79 Å². The second kappa shape index (κ2) is 3.64. The summed E-state index contributed by atoms with van der Waals surface area (Å²) in [5, 5.41) is 9.17. The number of ether oxygens (including phenoxy) is 1. The van der Waals surface area contributed by atoms with Crippen molar-refractivity contribution in [2.45, 2.75) is 32.4 Å². The summed E-state index contributed by atoms with van der Waals surface area (Å²) in [4.78, 5) is 13.2. The number of amides is 1. The topological polar surface area (TPSA) is 49.8 Å². The summed E-state index contributed by atoms with van der Waals surface area (Å²) in [5.74, 6) is -0.215. The Balaban J connectivity index is 2.71. The van der Waals surface area contributed by atoms with Gasteiger partial charge in [-0.2, -0.15) is 0 Å². The highest BCUT2D eigenvalue weighted by atomic mass is 16.5. The van der Waals surface area contributed by atoms with Gasteiger partial charge in [0.25, 0.3) is 5.91 Å². The van der Waals surface area contributed by atoms with Crippen LogP contribution in [0.1, 0.15) is 20.8 Å². The zero-order valence-electron chi connectivity index (χ0n) is 8.41. The molecule has 1 saturated heterocycles. The van der Waals surface area contributed by atoms with Gasteiger partial charge < -0.3 is 14.7 Å². The number of hydrogen-bond acceptors (Lipinski definition) is 3. The number of carbonyl (C=O) groups is 1. The largest absolute Gasteiger partial charge is 0.384 e. The van der Waals surface area contributed by atoms with Gasteiger partial charge in [0.15, 0.2) is 0 Å². The lowest BCUT2D eigenvalue weighted by atomic mass is 10.0. The van der Waals surface area contributed by atoms with Gasteiger partial charge >= 0.3 is 0 Å². The third kappa shape index (κ3) is 2.19. The molecule has 1 fully saturated rings. The zero-order valence-corrected chi connectivity index (χ0v) is 8.41. The summed E-state index contributed by atoms with van der Waals surface area (Å²) < 4.78 is 5.27. The molecule has 0 aliphatic carbocycles. The first-order chi connectivity index (χ1) is 5.95. The number of morpholine rings is 1. The van der Waals surface area contributed by atoms with E-state index in [1.807, 2.05) is 13.8 Å². The minimum Gasteiger partial charge on any atom is -0.384 e. The standard InChI is InChI=1S/C9H17NO3/c1-7(11)8(12)10-4-5-13-6-9(10,2)3/h7,11H,4-6H2,1-3H3/t7-/m1/s1. The highest BCUT2D eigenvalue weighted by Gasteiger charge is 2.35. The molecule has 0 aromatic heterocycles. The molecule has 0 unspecified atom stereocenters. The van der Waals surface area contributed by atoms with Crippen molar-refractivity contribution in [2.75, 3.05) is 19.8 Å². The third-order valence-electron chi connectivity index (χ3n) is 2.27. The molecule has 0 bridgehead atoms. The molecule has 0 radical (unpaired) electrons. The Morgan fingerprint density at radius 2 is 2.23 bits per heavy atom. The summed E-state index contributed by atoms with van der Waals surface area (Å²) in [6.45, 7) is 7.02. The molecule has 76 valence electrons. The van der Waals surface area contributed by atoms with E-state index in [4.69, 9.17) is 4.74 Å². The molecule has 0 aromatic rings. The molecule has 1 rings (SSSR count). The second-order valence-electron chi connectivity index (χ2n) is 4.03. The lowest BCUT2D eigenvalue weighted by molar-refractivity contribution is -0.154. The van der Waals surface area contributed by atoms with Crippen molar-refractivity contribution in [3.05, 3.63) is 0 Å². The van der Waals surface area contributed by atoms with Crippen LogP contribution in [0.5, 0.6) is 0 Å². The molecule has 0 aromatic carbocycles. The molecule has 13 heavy (non-hydrogen) atoms. The zero-order chi connectivity index (χ0) is 10.1. The van der Waals surface area contributed by atoms with E-state index in [0.29, 0.717) is 19.8 Å². The van der Waals surface area contributed by atoms with Crippen molar-refractivity contribution in [2.24, 2.45) is 0 Å². The summed E-state index contributed by atoms with van der Waals surface area (Å²) in [5.41, 5.74) is -0.299. The van der Waals surface area contributed by atoms with Crippen LogP contribution in [0.2, 0.25) is 0 Å². The SMILES string of the molecule is C[C@@H](O)C(=O)N1CCOCC1(C)C. The lowest BCUT2D eigenvalue weighted by Crippen LogP contribution is -2.57. The molecule has 0 spiro atoms. The van der Waals surface area contributed by atoms with E-state index in [-0.39, 0.29) is 11.4 Å². The molecule has 1 aliphatic rings. The van der Waals surface area contributed by atoms with E-state index in [9.17, 15) is 9.90 Å². The summed E-state index contributed by atoms with van der Waals surface area (Å²) in [6, 6.07) is 0. The number of aliphatic hydroxyl groups is 1. The van der Waals surface area contributed by atoms with Crippen molar-refractivity contribution in [3.8, 4) is 0 Å². The van der Waals surface area contributed by atoms with Crippen LogP contribution >= 0.6 is 0 Å². The second-order valence-corrected chi connectivity index (χ2v) is 4.03. The van der Waals surface area contributed by atoms with Gasteiger partial charge in [0.05, 0.1) is 18.8 Å². The van der Waals surface area contributed by atoms with E-state index in [1.54, 1.807) is 4.90 Å². The fraction of sp³-hybridized carbons (Fsp3) is 0.889. The number of hydrogen-bond donors (Lipinski definition) is 1. The molecule has 1 heterocycles. The lowest BCUT2D eigenvalue weighted by Gasteiger charge is -2.42. The average Bonchev–Trinajstić information content (AvgIpc) is 2.02. The van der Waals surface area contributed by atoms with Gasteiger partial charge in [0.1, 0.15) is 6.10 Å². The van der Waals surface area contributed by atoms with Crippen molar-refractivity contribution >= 4 is 5.91 Å². The first-order valence-electron chi connectivity index (χ1n) is 4.52. The molecular weight excluding hydrogens is 170 g/mol. The van der Waals surface area contributed by atoms with E-state index in [1.165, 1.54) is 6.92 Å². The Kier molecular flexibility index (Phi) is 2.93. The van der Waals surface area contributed by atoms with Crippen LogP contribution in [0.15, 0.2) is 0 Å². The maximum Gasteiger partial charge on any atom is 0.251 e. The molecule has 1 aliphatic heterocycles. The van der Waals surface area contributed by atoms with E-state index in [2.05, 4.69) is 0 Å². The number of aliphatic hydroxyl groups excluding tert-OH is 1. The predicted molar refractivity (Wildman–Crippen MR) is 48.3 cm³/mol. The van der Waals surface area contributed by atoms with E-state index in [0.717, 1.165) is 0 Å². The Bertz CT molecular complexity index is 201. The number of rotatable bonds is 1. The van der Waals surface area contributed by atoms with Gasteiger partial charge in [-0.15, -0.1) is 0 Å². The van der Waals surface area contributed by atoms with Gasteiger partial charge in [-0.1, -0.05) is 0 Å². The monoisotopic (exact) mass is 187 g/mol. The van der Waals surface area contributed by atoms with Gasteiger partial charge in [0.2, 0.25) is 0 Å². The van der Waals surface area contributed by atoms with Crippen LogP contribution < -0.4 is 0 Å². The Hall–Kier alpha value is -0.610. The molecule has 4 nitrogen and oxygen atoms in total. The Morgan fingerprint density at radius 3 is 2.69 bits per heavy atom. The van der Waals surface area contributed by atoms with Crippen LogP contribution in [0.3, 0.4) is 0 Å². The predicted octanol–water partition coefficient (Wildman–Crippen LogP) is 0.00460. The van der Waals surface area contributed by atoms with Gasteiger partial charge in [0, 0.05) is 6.54 Å². The smallest absolute Gasteiger partial charge is 0.251 e. The highest BCUT2D eigenvalue weighted by Crippen LogP contribution is 2.19. The first kappa shape index (κ1) is 10.5. The summed E-state index contributed by atoms with van der Waals surface area (Å²) in [7, 11) is 0. The minimum atomic E-state index is -0.919. The van der Waals surface area contributed by atoms with Crippen LogP contribution in [-0.2, 0) is 9.53 Å². The summed E-state index contributed by atoms with van der Waals surface area (Å²) >= 11 is 0. The molecule has 0 saturated carbocycles. The minimum absolute atomic E-state index is 0.215. The average molecular weight is 187 g/mol. The van der Waals surface area contributed by atoms with Crippen LogP contribution in [-0.4, -0.2) is 47.3 Å². The first-order valence-corrected chi connectivity index (χ1v) is 4.52. The van der Waals surface area contributed by atoms with Crippen molar-refractivity contribution in [1.29, 1.82) is 0 Å². The van der Waals surface area contributed by atoms with Crippen molar-refractivity contribution in [3.63, 3.8) is 0 Å². The normalized spacial score (nSPS) is 24.2. The van der Waals surface area contributed by atoms with Crippen LogP contribution in [0.25, 0.3) is 0 Å². The highest BCUT2D eigenvalue weighted by molar-refractivity contribution is 5.81. The molecule has 1 atom stereocenters. The van der Waals surface area contributed by atoms with Crippen LogP contribution in [0.4, 0.5) is 0 Å². The maximum atomic E-state index is 11.5. The molecule has 1 amide bonds. The number of nitrogens with zero attached hydrogens (tertiary/aromatic N) is 1. The van der Waals surface area contributed by atoms with E-state index < -0.39 is 6.10 Å². The summed E-state index contributed by atoms with van der Waals surface area (Å²) in [6.07, 6.45) is -0.919. The van der Waals surface area contributed by atoms with Crippen molar-refractivity contribution in [1.82, 2.24) is 4.90 Å². The van der Waals surface area contributed by atoms with Crippen LogP contribution in [0, 0.1) is 0 Å². The van der Waals surface area contributed by atoms with Gasteiger partial charge in [-0.05, 0) is 20.8 Å².